The minimum Gasteiger partial charge on any atom is -0.486 e. The van der Waals surface area contributed by atoms with Crippen molar-refractivity contribution in [3.63, 3.8) is 0 Å². The second-order valence-corrected chi connectivity index (χ2v) is 6.38. The van der Waals surface area contributed by atoms with Crippen molar-refractivity contribution in [2.75, 3.05) is 12.8 Å². The summed E-state index contributed by atoms with van der Waals surface area (Å²) in [6.07, 6.45) is 0.0356. The Morgan fingerprint density at radius 2 is 2.30 bits per heavy atom. The average Bonchev–Trinajstić information content (AvgIpc) is 2.80. The number of hydrogen-bond donors (Lipinski definition) is 1. The highest BCUT2D eigenvalue weighted by Crippen LogP contribution is 2.38. The van der Waals surface area contributed by atoms with Crippen molar-refractivity contribution >= 4 is 27.7 Å². The van der Waals surface area contributed by atoms with Crippen molar-refractivity contribution < 1.29 is 4.74 Å². The molecule has 0 bridgehead atoms. The van der Waals surface area contributed by atoms with Crippen LogP contribution >= 0.6 is 27.7 Å². The Morgan fingerprint density at radius 1 is 1.50 bits per heavy atom. The fraction of sp³-hybridized carbons (Fsp3) is 0.385. The number of likely N-dealkylation sites (N-methyl/N-ethyl adjacent to an activating group) is 1. The molecule has 2 aromatic rings. The molecule has 5 nitrogen and oxygen atoms in total. The van der Waals surface area contributed by atoms with Crippen LogP contribution in [0.25, 0.3) is 0 Å². The Morgan fingerprint density at radius 3 is 3.00 bits per heavy atom. The number of hydrogen-bond acceptors (Lipinski definition) is 5. The predicted octanol–water partition coefficient (Wildman–Crippen LogP) is 2.39. The molecule has 2 unspecified atom stereocenters. The lowest BCUT2D eigenvalue weighted by atomic mass is 10.1. The number of nitrogens with zero attached hydrogens (tertiary/aromatic N) is 3. The van der Waals surface area contributed by atoms with Crippen molar-refractivity contribution in [1.29, 1.82) is 0 Å². The molecule has 0 amide bonds. The lowest BCUT2D eigenvalue weighted by molar-refractivity contribution is 0.166. The van der Waals surface area contributed by atoms with Gasteiger partial charge in [0.2, 0.25) is 0 Å². The van der Waals surface area contributed by atoms with Crippen LogP contribution in [0.1, 0.15) is 11.7 Å². The number of halogens is 1. The number of fused-ring (bicyclic) bond motifs is 1. The Bertz CT molecular complexity index is 599. The van der Waals surface area contributed by atoms with E-state index in [0.29, 0.717) is 0 Å². The largest absolute Gasteiger partial charge is 0.486 e. The number of ether oxygens (including phenoxy) is 1. The van der Waals surface area contributed by atoms with Crippen LogP contribution in [-0.2, 0) is 7.05 Å². The Labute approximate surface area is 130 Å². The quantitative estimate of drug-likeness (QED) is 0.916. The van der Waals surface area contributed by atoms with Crippen LogP contribution in [0.3, 0.4) is 0 Å². The molecule has 7 heteroatoms. The first-order valence-electron chi connectivity index (χ1n) is 6.31. The molecule has 1 aliphatic rings. The summed E-state index contributed by atoms with van der Waals surface area (Å²) >= 11 is 5.28. The third-order valence-electron chi connectivity index (χ3n) is 3.33. The molecular weight excluding hydrogens is 340 g/mol. The fourth-order valence-electron chi connectivity index (χ4n) is 2.37. The van der Waals surface area contributed by atoms with Crippen LogP contribution in [0.15, 0.2) is 33.8 Å². The summed E-state index contributed by atoms with van der Waals surface area (Å²) < 4.78 is 8.68. The van der Waals surface area contributed by atoms with E-state index in [1.165, 1.54) is 4.90 Å². The van der Waals surface area contributed by atoms with E-state index in [0.717, 1.165) is 21.8 Å². The van der Waals surface area contributed by atoms with Gasteiger partial charge in [-0.05, 0) is 35.1 Å². The monoisotopic (exact) mass is 354 g/mol. The third-order valence-corrected chi connectivity index (χ3v) is 5.04. The van der Waals surface area contributed by atoms with Gasteiger partial charge in [0.25, 0.3) is 0 Å². The Balaban J connectivity index is 1.89. The highest BCUT2D eigenvalue weighted by atomic mass is 79.9. The zero-order chi connectivity index (χ0) is 14.1. The van der Waals surface area contributed by atoms with Gasteiger partial charge in [-0.3, -0.25) is 0 Å². The highest BCUT2D eigenvalue weighted by molar-refractivity contribution is 9.10. The van der Waals surface area contributed by atoms with Gasteiger partial charge in [0, 0.05) is 17.7 Å². The summed E-state index contributed by atoms with van der Waals surface area (Å²) in [6, 6.07) is 8.17. The minimum absolute atomic E-state index is 0.0326. The van der Waals surface area contributed by atoms with Crippen molar-refractivity contribution in [3.05, 3.63) is 34.6 Å². The first-order valence-corrected chi connectivity index (χ1v) is 8.09. The maximum atomic E-state index is 6.15. The molecule has 20 heavy (non-hydrogen) atoms. The van der Waals surface area contributed by atoms with Gasteiger partial charge in [0.05, 0.1) is 11.7 Å². The lowest BCUT2D eigenvalue weighted by Crippen LogP contribution is -2.38. The predicted molar refractivity (Wildman–Crippen MR) is 82.1 cm³/mol. The van der Waals surface area contributed by atoms with Gasteiger partial charge >= 0.3 is 0 Å². The molecule has 0 aliphatic carbocycles. The van der Waals surface area contributed by atoms with E-state index in [-0.39, 0.29) is 12.1 Å². The molecule has 2 atom stereocenters. The molecule has 1 N–H and O–H groups in total. The van der Waals surface area contributed by atoms with Crippen LogP contribution in [0, 0.1) is 0 Å². The van der Waals surface area contributed by atoms with Crippen LogP contribution in [0.2, 0.25) is 0 Å². The van der Waals surface area contributed by atoms with Gasteiger partial charge in [-0.25, -0.2) is 4.68 Å². The molecule has 1 aliphatic heterocycles. The number of benzene rings is 1. The minimum atomic E-state index is 0.0326. The maximum absolute atomic E-state index is 6.15. The number of thioether (sulfide) groups is 1. The topological polar surface area (TPSA) is 52.0 Å². The van der Waals surface area contributed by atoms with Gasteiger partial charge in [-0.2, -0.15) is 0 Å². The molecule has 1 aromatic carbocycles. The summed E-state index contributed by atoms with van der Waals surface area (Å²) in [5.41, 5.74) is 0.998. The van der Waals surface area contributed by atoms with Gasteiger partial charge in [0.15, 0.2) is 4.60 Å². The van der Waals surface area contributed by atoms with E-state index in [1.54, 1.807) is 4.68 Å². The van der Waals surface area contributed by atoms with Crippen LogP contribution < -0.4 is 10.1 Å². The summed E-state index contributed by atoms with van der Waals surface area (Å²) in [4.78, 5) is 1.20. The third kappa shape index (κ3) is 2.45. The van der Waals surface area contributed by atoms with Crippen molar-refractivity contribution in [2.24, 2.45) is 7.05 Å². The second-order valence-electron chi connectivity index (χ2n) is 4.57. The number of para-hydroxylation sites is 1. The molecule has 106 valence electrons. The number of rotatable bonds is 3. The standard InChI is InChI=1S/C13H15BrN4OS/c1-15-11(12-13(14)16-17-18(12)2)9-7-20-10-6-4-3-5-8(10)19-9/h3-6,9,11,15H,7H2,1-2H3. The molecule has 3 rings (SSSR count). The second kappa shape index (κ2) is 5.75. The van der Waals surface area contributed by atoms with Gasteiger partial charge in [-0.15, -0.1) is 16.9 Å². The Hall–Kier alpha value is -1.05. The smallest absolute Gasteiger partial charge is 0.153 e. The van der Waals surface area contributed by atoms with Gasteiger partial charge in [-0.1, -0.05) is 17.3 Å². The average molecular weight is 355 g/mol. The van der Waals surface area contributed by atoms with Crippen LogP contribution in [-0.4, -0.2) is 33.9 Å². The van der Waals surface area contributed by atoms with Gasteiger partial charge < -0.3 is 10.1 Å². The molecule has 0 radical (unpaired) electrons. The van der Waals surface area contributed by atoms with E-state index in [1.807, 2.05) is 44.1 Å². The molecule has 1 aromatic heterocycles. The highest BCUT2D eigenvalue weighted by Gasteiger charge is 2.32. The van der Waals surface area contributed by atoms with E-state index >= 15 is 0 Å². The zero-order valence-electron chi connectivity index (χ0n) is 11.2. The normalized spacial score (nSPS) is 19.2. The van der Waals surface area contributed by atoms with E-state index < -0.39 is 0 Å². The van der Waals surface area contributed by atoms with E-state index in [4.69, 9.17) is 4.74 Å². The molecule has 0 saturated heterocycles. The summed E-state index contributed by atoms with van der Waals surface area (Å²) in [5, 5.41) is 11.4. The van der Waals surface area contributed by atoms with Crippen molar-refractivity contribution in [3.8, 4) is 5.75 Å². The Kier molecular flexibility index (Phi) is 4.00. The molecular formula is C13H15BrN4OS. The number of nitrogens with one attached hydrogen (secondary N) is 1. The summed E-state index contributed by atoms with van der Waals surface area (Å²) in [7, 11) is 3.82. The SMILES string of the molecule is CNC(c1c(Br)nnn1C)C1CSc2ccccc2O1. The first kappa shape index (κ1) is 13.9. The summed E-state index contributed by atoms with van der Waals surface area (Å²) in [5.74, 6) is 1.83. The molecule has 0 fully saturated rings. The zero-order valence-corrected chi connectivity index (χ0v) is 13.6. The van der Waals surface area contributed by atoms with Crippen LogP contribution in [0.5, 0.6) is 5.75 Å². The van der Waals surface area contributed by atoms with Gasteiger partial charge in [0.1, 0.15) is 11.9 Å². The maximum Gasteiger partial charge on any atom is 0.153 e. The van der Waals surface area contributed by atoms with Crippen LogP contribution in [0.4, 0.5) is 0 Å². The molecule has 2 heterocycles. The molecule has 0 saturated carbocycles. The molecule has 0 spiro atoms. The van der Waals surface area contributed by atoms with E-state index in [2.05, 4.69) is 37.6 Å². The number of aromatic nitrogens is 3. The van der Waals surface area contributed by atoms with Crippen molar-refractivity contribution in [1.82, 2.24) is 20.3 Å². The number of aryl methyl sites for hydroxylation is 1. The van der Waals surface area contributed by atoms with Crippen molar-refractivity contribution in [2.45, 2.75) is 17.0 Å². The first-order chi connectivity index (χ1) is 9.70. The fourth-order valence-corrected chi connectivity index (χ4v) is 3.98. The van der Waals surface area contributed by atoms with E-state index in [9.17, 15) is 0 Å². The lowest BCUT2D eigenvalue weighted by Gasteiger charge is -2.31. The summed E-state index contributed by atoms with van der Waals surface area (Å²) in [6.45, 7) is 0.